The minimum atomic E-state index is 0.0364. The Labute approximate surface area is 92.4 Å². The van der Waals surface area contributed by atoms with Crippen molar-refractivity contribution >= 4 is 27.3 Å². The smallest absolute Gasteiger partial charge is 0.0630 e. The third-order valence-electron chi connectivity index (χ3n) is 2.03. The molecule has 1 aromatic rings. The Bertz CT molecular complexity index is 328. The van der Waals surface area contributed by atoms with Gasteiger partial charge >= 0.3 is 0 Å². The van der Waals surface area contributed by atoms with Crippen LogP contribution in [0.3, 0.4) is 0 Å². The van der Waals surface area contributed by atoms with Crippen molar-refractivity contribution in [3.05, 3.63) is 22.2 Å². The van der Waals surface area contributed by atoms with Crippen LogP contribution in [0.1, 0.15) is 12.5 Å². The van der Waals surface area contributed by atoms with Gasteiger partial charge in [0.25, 0.3) is 0 Å². The molecular formula is C10H15BrN2O. The lowest BCUT2D eigenvalue weighted by Crippen LogP contribution is -2.19. The third-order valence-corrected chi connectivity index (χ3v) is 2.69. The number of aryl methyl sites for hydroxylation is 1. The van der Waals surface area contributed by atoms with E-state index in [1.165, 1.54) is 0 Å². The van der Waals surface area contributed by atoms with Gasteiger partial charge in [0.15, 0.2) is 0 Å². The van der Waals surface area contributed by atoms with Crippen molar-refractivity contribution in [1.29, 1.82) is 0 Å². The van der Waals surface area contributed by atoms with Crippen molar-refractivity contribution in [2.24, 2.45) is 0 Å². The molecule has 78 valence electrons. The number of aliphatic hydroxyl groups excluding tert-OH is 1. The fourth-order valence-corrected chi connectivity index (χ4v) is 1.59. The monoisotopic (exact) mass is 258 g/mol. The molecule has 1 atom stereocenters. The molecule has 0 aliphatic carbocycles. The fourth-order valence-electron chi connectivity index (χ4n) is 1.12. The number of hydrogen-bond acceptors (Lipinski definition) is 3. The van der Waals surface area contributed by atoms with Crippen LogP contribution in [0.5, 0.6) is 0 Å². The summed E-state index contributed by atoms with van der Waals surface area (Å²) in [5, 5.41) is 12.1. The number of nitrogens with one attached hydrogen (secondary N) is 1. The normalized spacial score (nSPS) is 12.6. The Morgan fingerprint density at radius 1 is 1.57 bits per heavy atom. The van der Waals surface area contributed by atoms with Crippen LogP contribution in [0.25, 0.3) is 0 Å². The van der Waals surface area contributed by atoms with Gasteiger partial charge in [-0.2, -0.15) is 0 Å². The standard InChI is InChI=1S/C10H15BrN2O/c1-6-3-10(13-7(2)5-14)8(11)4-9(6)12/h3-4,7,13-14H,5,12H2,1-2H3. The Balaban J connectivity index is 2.92. The van der Waals surface area contributed by atoms with Crippen LogP contribution in [-0.4, -0.2) is 17.8 Å². The van der Waals surface area contributed by atoms with E-state index in [0.29, 0.717) is 0 Å². The van der Waals surface area contributed by atoms with Crippen molar-refractivity contribution < 1.29 is 5.11 Å². The largest absolute Gasteiger partial charge is 0.398 e. The van der Waals surface area contributed by atoms with Crippen molar-refractivity contribution in [3.63, 3.8) is 0 Å². The lowest BCUT2D eigenvalue weighted by molar-refractivity contribution is 0.281. The van der Waals surface area contributed by atoms with E-state index >= 15 is 0 Å². The molecule has 0 aliphatic rings. The number of benzene rings is 1. The number of anilines is 2. The summed E-state index contributed by atoms with van der Waals surface area (Å²) in [7, 11) is 0. The predicted molar refractivity (Wildman–Crippen MR) is 63.5 cm³/mol. The average Bonchev–Trinajstić information content (AvgIpc) is 2.14. The molecule has 3 nitrogen and oxygen atoms in total. The topological polar surface area (TPSA) is 58.3 Å². The zero-order valence-corrected chi connectivity index (χ0v) is 9.93. The summed E-state index contributed by atoms with van der Waals surface area (Å²) < 4.78 is 0.918. The number of nitrogen functional groups attached to an aromatic ring is 1. The predicted octanol–water partition coefficient (Wildman–Crippen LogP) is 2.13. The number of halogens is 1. The maximum atomic E-state index is 8.91. The molecule has 0 amide bonds. The molecule has 1 rings (SSSR count). The number of aliphatic hydroxyl groups is 1. The van der Waals surface area contributed by atoms with Gasteiger partial charge in [-0.1, -0.05) is 0 Å². The molecule has 14 heavy (non-hydrogen) atoms. The summed E-state index contributed by atoms with van der Waals surface area (Å²) in [5.74, 6) is 0. The number of nitrogens with two attached hydrogens (primary N) is 1. The molecule has 1 aromatic carbocycles. The lowest BCUT2D eigenvalue weighted by atomic mass is 10.1. The highest BCUT2D eigenvalue weighted by molar-refractivity contribution is 9.10. The van der Waals surface area contributed by atoms with Gasteiger partial charge in [0, 0.05) is 21.9 Å². The Morgan fingerprint density at radius 3 is 2.79 bits per heavy atom. The Kier molecular flexibility index (Phi) is 3.77. The molecule has 4 N–H and O–H groups in total. The summed E-state index contributed by atoms with van der Waals surface area (Å²) in [4.78, 5) is 0. The Hall–Kier alpha value is -0.740. The van der Waals surface area contributed by atoms with E-state index in [1.807, 2.05) is 26.0 Å². The molecule has 0 radical (unpaired) electrons. The molecule has 0 fully saturated rings. The summed E-state index contributed by atoms with van der Waals surface area (Å²) in [5.41, 5.74) is 8.49. The number of hydrogen-bond donors (Lipinski definition) is 3. The van der Waals surface area contributed by atoms with E-state index < -0.39 is 0 Å². The zero-order valence-electron chi connectivity index (χ0n) is 8.34. The van der Waals surface area contributed by atoms with Gasteiger partial charge in [-0.25, -0.2) is 0 Å². The van der Waals surface area contributed by atoms with Gasteiger partial charge in [0.2, 0.25) is 0 Å². The van der Waals surface area contributed by atoms with Crippen LogP contribution in [-0.2, 0) is 0 Å². The van der Waals surface area contributed by atoms with Gasteiger partial charge in [0.1, 0.15) is 0 Å². The molecule has 0 bridgehead atoms. The van der Waals surface area contributed by atoms with Crippen molar-refractivity contribution in [1.82, 2.24) is 0 Å². The Morgan fingerprint density at radius 2 is 2.21 bits per heavy atom. The molecular weight excluding hydrogens is 244 g/mol. The molecule has 0 aliphatic heterocycles. The summed E-state index contributed by atoms with van der Waals surface area (Å²) in [6.07, 6.45) is 0. The second kappa shape index (κ2) is 4.66. The van der Waals surface area contributed by atoms with Crippen LogP contribution in [0.2, 0.25) is 0 Å². The minimum Gasteiger partial charge on any atom is -0.398 e. The van der Waals surface area contributed by atoms with E-state index in [1.54, 1.807) is 0 Å². The highest BCUT2D eigenvalue weighted by atomic mass is 79.9. The van der Waals surface area contributed by atoms with Gasteiger partial charge in [0.05, 0.1) is 6.61 Å². The van der Waals surface area contributed by atoms with Crippen LogP contribution >= 0.6 is 15.9 Å². The molecule has 4 heteroatoms. The SMILES string of the molecule is Cc1cc(NC(C)CO)c(Br)cc1N. The highest BCUT2D eigenvalue weighted by Gasteiger charge is 2.05. The number of rotatable bonds is 3. The van der Waals surface area contributed by atoms with E-state index in [0.717, 1.165) is 21.4 Å². The molecule has 0 spiro atoms. The minimum absolute atomic E-state index is 0.0364. The van der Waals surface area contributed by atoms with Gasteiger partial charge in [-0.3, -0.25) is 0 Å². The van der Waals surface area contributed by atoms with Crippen LogP contribution in [0, 0.1) is 6.92 Å². The molecule has 0 saturated heterocycles. The maximum absolute atomic E-state index is 8.91. The quantitative estimate of drug-likeness (QED) is 0.729. The maximum Gasteiger partial charge on any atom is 0.0630 e. The van der Waals surface area contributed by atoms with E-state index in [-0.39, 0.29) is 12.6 Å². The summed E-state index contributed by atoms with van der Waals surface area (Å²) in [6, 6.07) is 3.86. The highest BCUT2D eigenvalue weighted by Crippen LogP contribution is 2.28. The zero-order chi connectivity index (χ0) is 10.7. The average molecular weight is 259 g/mol. The van der Waals surface area contributed by atoms with Gasteiger partial charge < -0.3 is 16.2 Å². The fraction of sp³-hybridized carbons (Fsp3) is 0.400. The first-order valence-electron chi connectivity index (χ1n) is 4.47. The summed E-state index contributed by atoms with van der Waals surface area (Å²) in [6.45, 7) is 3.98. The first-order chi connectivity index (χ1) is 6.54. The molecule has 0 saturated carbocycles. The molecule has 0 heterocycles. The van der Waals surface area contributed by atoms with Crippen LogP contribution in [0.4, 0.5) is 11.4 Å². The van der Waals surface area contributed by atoms with Gasteiger partial charge in [-0.15, -0.1) is 0 Å². The first kappa shape index (κ1) is 11.3. The summed E-state index contributed by atoms with van der Waals surface area (Å²) >= 11 is 3.41. The van der Waals surface area contributed by atoms with Crippen molar-refractivity contribution in [2.75, 3.05) is 17.7 Å². The second-order valence-corrected chi connectivity index (χ2v) is 4.27. The molecule has 0 aromatic heterocycles. The van der Waals surface area contributed by atoms with E-state index in [2.05, 4.69) is 21.2 Å². The van der Waals surface area contributed by atoms with Crippen molar-refractivity contribution in [3.8, 4) is 0 Å². The van der Waals surface area contributed by atoms with E-state index in [4.69, 9.17) is 10.8 Å². The molecule has 1 unspecified atom stereocenters. The van der Waals surface area contributed by atoms with Crippen LogP contribution in [0.15, 0.2) is 16.6 Å². The lowest BCUT2D eigenvalue weighted by Gasteiger charge is -2.15. The van der Waals surface area contributed by atoms with E-state index in [9.17, 15) is 0 Å². The van der Waals surface area contributed by atoms with Crippen molar-refractivity contribution in [2.45, 2.75) is 19.9 Å². The first-order valence-corrected chi connectivity index (χ1v) is 5.27. The second-order valence-electron chi connectivity index (χ2n) is 3.42. The van der Waals surface area contributed by atoms with Gasteiger partial charge in [-0.05, 0) is 47.5 Å². The van der Waals surface area contributed by atoms with Crippen LogP contribution < -0.4 is 11.1 Å². The third kappa shape index (κ3) is 2.62.